The average Bonchev–Trinajstić information content (AvgIpc) is 3.02. The van der Waals surface area contributed by atoms with Crippen molar-refractivity contribution in [3.63, 3.8) is 0 Å². The van der Waals surface area contributed by atoms with E-state index >= 15 is 0 Å². The van der Waals surface area contributed by atoms with Crippen LogP contribution in [0.15, 0.2) is 39.5 Å². The van der Waals surface area contributed by atoms with Gasteiger partial charge in [-0.2, -0.15) is 0 Å². The van der Waals surface area contributed by atoms with Gasteiger partial charge in [-0.15, -0.1) is 0 Å². The number of fused-ring (bicyclic) bond motifs is 1. The maximum atomic E-state index is 13.9. The first-order valence-electron chi connectivity index (χ1n) is 16.7. The van der Waals surface area contributed by atoms with Crippen LogP contribution < -0.4 is 30.3 Å². The van der Waals surface area contributed by atoms with Gasteiger partial charge in [-0.25, -0.2) is 0 Å². The number of unbranched alkanes of at least 4 members (excludes halogenated alkanes) is 5. The van der Waals surface area contributed by atoms with Crippen LogP contribution in [0.3, 0.4) is 0 Å². The molecule has 8 nitrogen and oxygen atoms in total. The standard InChI is InChI=1S/C36H54N2O6/c1-5-8-9-10-15-30-35(40)34-31(39)24-28(41-4)26-33(34)44-36(30)29-17-16-27(42-22-13-11-20-37-18-6-2)25-32(29)43-23-14-12-21-38-19-7-3/h16-17,24-26,37-39H,5-15,18-23H2,1-4H3. The quantitative estimate of drug-likeness (QED) is 0.0943. The molecule has 3 rings (SSSR count). The molecule has 0 radical (unpaired) electrons. The Hall–Kier alpha value is -3.23. The summed E-state index contributed by atoms with van der Waals surface area (Å²) in [5.74, 6) is 2.09. The summed E-state index contributed by atoms with van der Waals surface area (Å²) in [6, 6.07) is 8.86. The molecule has 0 saturated heterocycles. The molecule has 0 atom stereocenters. The molecule has 0 saturated carbocycles. The second kappa shape index (κ2) is 19.9. The highest BCUT2D eigenvalue weighted by Gasteiger charge is 2.22. The van der Waals surface area contributed by atoms with Crippen molar-refractivity contribution in [2.75, 3.05) is 46.5 Å². The van der Waals surface area contributed by atoms with Crippen molar-refractivity contribution in [3.05, 3.63) is 46.1 Å². The highest BCUT2D eigenvalue weighted by molar-refractivity contribution is 5.88. The first-order valence-corrected chi connectivity index (χ1v) is 16.7. The average molecular weight is 611 g/mol. The van der Waals surface area contributed by atoms with Crippen LogP contribution in [-0.2, 0) is 6.42 Å². The zero-order valence-corrected chi connectivity index (χ0v) is 27.4. The van der Waals surface area contributed by atoms with Crippen LogP contribution in [0.1, 0.15) is 90.5 Å². The summed E-state index contributed by atoms with van der Waals surface area (Å²) in [6.45, 7) is 11.6. The predicted molar refractivity (Wildman–Crippen MR) is 180 cm³/mol. The molecule has 0 aliphatic carbocycles. The summed E-state index contributed by atoms with van der Waals surface area (Å²) in [4.78, 5) is 13.9. The summed E-state index contributed by atoms with van der Waals surface area (Å²) in [7, 11) is 1.52. The van der Waals surface area contributed by atoms with E-state index in [1.165, 1.54) is 13.2 Å². The number of benzene rings is 2. The Kier molecular flexibility index (Phi) is 16.0. The van der Waals surface area contributed by atoms with E-state index in [2.05, 4.69) is 31.4 Å². The van der Waals surface area contributed by atoms with Gasteiger partial charge in [-0.1, -0.05) is 40.0 Å². The van der Waals surface area contributed by atoms with Crippen molar-refractivity contribution in [2.45, 2.75) is 91.4 Å². The van der Waals surface area contributed by atoms with Gasteiger partial charge in [0.25, 0.3) is 0 Å². The summed E-state index contributed by atoms with van der Waals surface area (Å²) in [5, 5.41) is 17.8. The third-order valence-electron chi connectivity index (χ3n) is 7.63. The van der Waals surface area contributed by atoms with Gasteiger partial charge < -0.3 is 34.4 Å². The smallest absolute Gasteiger partial charge is 0.200 e. The number of methoxy groups -OCH3 is 1. The van der Waals surface area contributed by atoms with Crippen molar-refractivity contribution < 1.29 is 23.7 Å². The van der Waals surface area contributed by atoms with Crippen molar-refractivity contribution in [2.24, 2.45) is 0 Å². The van der Waals surface area contributed by atoms with Crippen molar-refractivity contribution in [1.82, 2.24) is 10.6 Å². The van der Waals surface area contributed by atoms with Crippen LogP contribution in [0.5, 0.6) is 23.0 Å². The van der Waals surface area contributed by atoms with Gasteiger partial charge in [0.15, 0.2) is 5.43 Å². The predicted octanol–water partition coefficient (Wildman–Crippen LogP) is 7.61. The van der Waals surface area contributed by atoms with E-state index in [9.17, 15) is 9.90 Å². The van der Waals surface area contributed by atoms with Gasteiger partial charge in [-0.05, 0) is 89.7 Å². The molecule has 3 aromatic rings. The molecule has 0 aliphatic heterocycles. The third-order valence-corrected chi connectivity index (χ3v) is 7.63. The molecule has 244 valence electrons. The zero-order valence-electron chi connectivity index (χ0n) is 27.4. The molecule has 1 heterocycles. The molecular formula is C36H54N2O6. The van der Waals surface area contributed by atoms with Gasteiger partial charge >= 0.3 is 0 Å². The van der Waals surface area contributed by atoms with E-state index in [-0.39, 0.29) is 22.1 Å². The lowest BCUT2D eigenvalue weighted by Crippen LogP contribution is -2.16. The summed E-state index contributed by atoms with van der Waals surface area (Å²) >= 11 is 0. The number of ether oxygens (including phenoxy) is 3. The van der Waals surface area contributed by atoms with Crippen LogP contribution >= 0.6 is 0 Å². The summed E-state index contributed by atoms with van der Waals surface area (Å²) in [5.41, 5.74) is 1.32. The Bertz CT molecular complexity index is 1320. The lowest BCUT2D eigenvalue weighted by molar-refractivity contribution is 0.291. The van der Waals surface area contributed by atoms with Gasteiger partial charge in [0.1, 0.15) is 39.7 Å². The fourth-order valence-corrected chi connectivity index (χ4v) is 5.18. The zero-order chi connectivity index (χ0) is 31.6. The van der Waals surface area contributed by atoms with Crippen LogP contribution in [-0.4, -0.2) is 51.6 Å². The van der Waals surface area contributed by atoms with Crippen molar-refractivity contribution in [1.29, 1.82) is 0 Å². The minimum Gasteiger partial charge on any atom is -0.507 e. The molecule has 2 aromatic carbocycles. The van der Waals surface area contributed by atoms with Gasteiger partial charge in [0.2, 0.25) is 0 Å². The Balaban J connectivity index is 1.95. The number of aromatic hydroxyl groups is 1. The maximum Gasteiger partial charge on any atom is 0.200 e. The number of hydrogen-bond acceptors (Lipinski definition) is 8. The van der Waals surface area contributed by atoms with E-state index in [0.717, 1.165) is 96.1 Å². The Morgan fingerprint density at radius 3 is 2.11 bits per heavy atom. The molecule has 3 N–H and O–H groups in total. The topological polar surface area (TPSA) is 102 Å². The third kappa shape index (κ3) is 10.7. The van der Waals surface area contributed by atoms with Gasteiger partial charge in [0.05, 0.1) is 25.9 Å². The van der Waals surface area contributed by atoms with Crippen molar-refractivity contribution >= 4 is 11.0 Å². The number of phenolic OH excluding ortho intramolecular Hbond substituents is 1. The van der Waals surface area contributed by atoms with E-state index in [4.69, 9.17) is 18.6 Å². The highest BCUT2D eigenvalue weighted by Crippen LogP contribution is 2.39. The molecule has 0 spiro atoms. The number of nitrogens with one attached hydrogen (secondary N) is 2. The fourth-order valence-electron chi connectivity index (χ4n) is 5.18. The van der Waals surface area contributed by atoms with Crippen LogP contribution in [0.2, 0.25) is 0 Å². The molecule has 44 heavy (non-hydrogen) atoms. The number of phenols is 1. The Morgan fingerprint density at radius 1 is 0.750 bits per heavy atom. The fraction of sp³-hybridized carbons (Fsp3) is 0.583. The first kappa shape index (κ1) is 35.3. The van der Waals surface area contributed by atoms with E-state index in [0.29, 0.717) is 48.0 Å². The van der Waals surface area contributed by atoms with E-state index < -0.39 is 0 Å². The molecular weight excluding hydrogens is 556 g/mol. The molecule has 0 fully saturated rings. The second-order valence-electron chi connectivity index (χ2n) is 11.3. The van der Waals surface area contributed by atoms with E-state index in [1.54, 1.807) is 6.07 Å². The minimum absolute atomic E-state index is 0.142. The monoisotopic (exact) mass is 610 g/mol. The molecule has 0 unspecified atom stereocenters. The molecule has 0 amide bonds. The first-order chi connectivity index (χ1) is 21.5. The SMILES string of the molecule is CCCCCCc1c(-c2ccc(OCCCCNCCC)cc2OCCCCNCCC)oc2cc(OC)cc(O)c2c1=O. The van der Waals surface area contributed by atoms with E-state index in [1.807, 2.05) is 18.2 Å². The van der Waals surface area contributed by atoms with Crippen LogP contribution in [0, 0.1) is 0 Å². The van der Waals surface area contributed by atoms with Gasteiger partial charge in [-0.3, -0.25) is 4.79 Å². The number of rotatable bonds is 23. The largest absolute Gasteiger partial charge is 0.507 e. The molecule has 0 bridgehead atoms. The number of hydrogen-bond donors (Lipinski definition) is 3. The maximum absolute atomic E-state index is 13.9. The lowest BCUT2D eigenvalue weighted by Gasteiger charge is -2.17. The van der Waals surface area contributed by atoms with Crippen molar-refractivity contribution in [3.8, 4) is 34.3 Å². The Labute approximate surface area is 263 Å². The summed E-state index contributed by atoms with van der Waals surface area (Å²) in [6.07, 6.45) is 10.7. The lowest BCUT2D eigenvalue weighted by atomic mass is 9.98. The highest BCUT2D eigenvalue weighted by atomic mass is 16.5. The molecule has 1 aromatic heterocycles. The normalized spacial score (nSPS) is 11.3. The minimum atomic E-state index is -0.220. The summed E-state index contributed by atoms with van der Waals surface area (Å²) < 4.78 is 24.3. The second-order valence-corrected chi connectivity index (χ2v) is 11.3. The van der Waals surface area contributed by atoms with Crippen LogP contribution in [0.25, 0.3) is 22.3 Å². The van der Waals surface area contributed by atoms with Crippen LogP contribution in [0.4, 0.5) is 0 Å². The van der Waals surface area contributed by atoms with Gasteiger partial charge in [0, 0.05) is 23.8 Å². The Morgan fingerprint density at radius 2 is 1.45 bits per heavy atom. The molecule has 0 aliphatic rings. The molecule has 8 heteroatoms.